The highest BCUT2D eigenvalue weighted by molar-refractivity contribution is 7.99. The monoisotopic (exact) mass is 161 g/mol. The fourth-order valence-electron chi connectivity index (χ4n) is 0.556. The average molecular weight is 161 g/mol. The van der Waals surface area contributed by atoms with Crippen LogP contribution in [0.25, 0.3) is 0 Å². The van der Waals surface area contributed by atoms with Crippen LogP contribution in [0.3, 0.4) is 0 Å². The molecule has 3 heteroatoms. The molecule has 0 aromatic heterocycles. The van der Waals surface area contributed by atoms with Gasteiger partial charge in [-0.1, -0.05) is 6.92 Å². The SMILES string of the molecule is CCOC(=N)CCSCC. The molecular weight excluding hydrogens is 146 g/mol. The molecule has 0 amide bonds. The summed E-state index contributed by atoms with van der Waals surface area (Å²) in [5, 5.41) is 7.23. The lowest BCUT2D eigenvalue weighted by Crippen LogP contribution is -2.03. The normalized spacial score (nSPS) is 9.40. The molecule has 0 atom stereocenters. The molecule has 2 nitrogen and oxygen atoms in total. The van der Waals surface area contributed by atoms with Gasteiger partial charge in [0, 0.05) is 12.2 Å². The molecule has 0 rings (SSSR count). The lowest BCUT2D eigenvalue weighted by Gasteiger charge is -2.02. The van der Waals surface area contributed by atoms with Crippen molar-refractivity contribution >= 4 is 17.7 Å². The largest absolute Gasteiger partial charge is 0.481 e. The van der Waals surface area contributed by atoms with E-state index in [9.17, 15) is 0 Å². The Hall–Kier alpha value is -0.180. The maximum Gasteiger partial charge on any atom is 0.181 e. The molecule has 0 saturated heterocycles. The third-order valence-corrected chi connectivity index (χ3v) is 1.90. The summed E-state index contributed by atoms with van der Waals surface area (Å²) in [5.41, 5.74) is 0. The predicted molar refractivity (Wildman–Crippen MR) is 47.0 cm³/mol. The van der Waals surface area contributed by atoms with Gasteiger partial charge in [-0.2, -0.15) is 11.8 Å². The summed E-state index contributed by atoms with van der Waals surface area (Å²) in [7, 11) is 0. The highest BCUT2D eigenvalue weighted by atomic mass is 32.2. The van der Waals surface area contributed by atoms with Gasteiger partial charge in [-0.25, -0.2) is 0 Å². The Balaban J connectivity index is 3.05. The van der Waals surface area contributed by atoms with E-state index in [1.54, 1.807) is 0 Å². The van der Waals surface area contributed by atoms with Crippen LogP contribution in [0, 0.1) is 5.41 Å². The van der Waals surface area contributed by atoms with Gasteiger partial charge in [0.05, 0.1) is 6.61 Å². The van der Waals surface area contributed by atoms with Gasteiger partial charge in [-0.15, -0.1) is 0 Å². The topological polar surface area (TPSA) is 33.1 Å². The van der Waals surface area contributed by atoms with Crippen molar-refractivity contribution in [2.45, 2.75) is 20.3 Å². The average Bonchev–Trinajstić information content (AvgIpc) is 1.89. The standard InChI is InChI=1S/C7H15NOS/c1-3-9-7(8)5-6-10-4-2/h8H,3-6H2,1-2H3. The second kappa shape index (κ2) is 6.93. The molecule has 0 saturated carbocycles. The fraction of sp³-hybridized carbons (Fsp3) is 0.857. The smallest absolute Gasteiger partial charge is 0.181 e. The molecule has 1 N–H and O–H groups in total. The predicted octanol–water partition coefficient (Wildman–Crippen LogP) is 2.14. The summed E-state index contributed by atoms with van der Waals surface area (Å²) < 4.78 is 4.96. The molecule has 0 bridgehead atoms. The highest BCUT2D eigenvalue weighted by Crippen LogP contribution is 2.01. The Morgan fingerprint density at radius 3 is 2.70 bits per heavy atom. The Kier molecular flexibility index (Phi) is 6.81. The summed E-state index contributed by atoms with van der Waals surface area (Å²) in [6.45, 7) is 4.64. The minimum absolute atomic E-state index is 0.420. The van der Waals surface area contributed by atoms with Crippen molar-refractivity contribution in [1.29, 1.82) is 5.41 Å². The second-order valence-corrected chi connectivity index (χ2v) is 3.20. The van der Waals surface area contributed by atoms with Crippen molar-refractivity contribution in [1.82, 2.24) is 0 Å². The molecule has 0 unspecified atom stereocenters. The maximum absolute atomic E-state index is 7.23. The van der Waals surface area contributed by atoms with Crippen molar-refractivity contribution in [3.8, 4) is 0 Å². The first-order chi connectivity index (χ1) is 4.81. The lowest BCUT2D eigenvalue weighted by molar-refractivity contribution is 0.316. The van der Waals surface area contributed by atoms with Crippen molar-refractivity contribution in [3.05, 3.63) is 0 Å². The van der Waals surface area contributed by atoms with Gasteiger partial charge in [0.15, 0.2) is 5.90 Å². The van der Waals surface area contributed by atoms with E-state index in [0.717, 1.165) is 17.9 Å². The molecule has 0 aromatic carbocycles. The van der Waals surface area contributed by atoms with Crippen LogP contribution in [0.1, 0.15) is 20.3 Å². The van der Waals surface area contributed by atoms with Crippen LogP contribution in [0.4, 0.5) is 0 Å². The first kappa shape index (κ1) is 9.82. The Morgan fingerprint density at radius 1 is 1.50 bits per heavy atom. The van der Waals surface area contributed by atoms with Crippen molar-refractivity contribution < 1.29 is 4.74 Å². The van der Waals surface area contributed by atoms with Gasteiger partial charge in [0.25, 0.3) is 0 Å². The molecule has 0 fully saturated rings. The zero-order valence-corrected chi connectivity index (χ0v) is 7.46. The third kappa shape index (κ3) is 5.95. The number of rotatable bonds is 5. The molecule has 10 heavy (non-hydrogen) atoms. The highest BCUT2D eigenvalue weighted by Gasteiger charge is 1.94. The Labute approximate surface area is 66.9 Å². The maximum atomic E-state index is 7.23. The van der Waals surface area contributed by atoms with E-state index in [0.29, 0.717) is 12.5 Å². The van der Waals surface area contributed by atoms with Crippen LogP contribution < -0.4 is 0 Å². The van der Waals surface area contributed by atoms with E-state index in [1.807, 2.05) is 18.7 Å². The number of hydrogen-bond donors (Lipinski definition) is 1. The quantitative estimate of drug-likeness (QED) is 0.381. The summed E-state index contributed by atoms with van der Waals surface area (Å²) in [6, 6.07) is 0. The van der Waals surface area contributed by atoms with Gasteiger partial charge in [0.2, 0.25) is 0 Å². The van der Waals surface area contributed by atoms with Crippen molar-refractivity contribution in [2.24, 2.45) is 0 Å². The minimum atomic E-state index is 0.420. The van der Waals surface area contributed by atoms with Crippen LogP contribution in [0.2, 0.25) is 0 Å². The molecule has 60 valence electrons. The van der Waals surface area contributed by atoms with Crippen LogP contribution >= 0.6 is 11.8 Å². The number of hydrogen-bond acceptors (Lipinski definition) is 3. The van der Waals surface area contributed by atoms with Gasteiger partial charge < -0.3 is 4.74 Å². The minimum Gasteiger partial charge on any atom is -0.481 e. The third-order valence-electron chi connectivity index (χ3n) is 0.996. The second-order valence-electron chi connectivity index (χ2n) is 1.80. The molecule has 0 spiro atoms. The fourth-order valence-corrected chi connectivity index (χ4v) is 1.17. The van der Waals surface area contributed by atoms with E-state index in [2.05, 4.69) is 6.92 Å². The number of nitrogens with one attached hydrogen (secondary N) is 1. The summed E-state index contributed by atoms with van der Waals surface area (Å²) in [5.74, 6) is 2.55. The zero-order valence-electron chi connectivity index (χ0n) is 6.64. The van der Waals surface area contributed by atoms with Crippen LogP contribution in [-0.2, 0) is 4.74 Å². The van der Waals surface area contributed by atoms with E-state index >= 15 is 0 Å². The molecule has 0 radical (unpaired) electrons. The van der Waals surface area contributed by atoms with E-state index in [-0.39, 0.29) is 0 Å². The van der Waals surface area contributed by atoms with E-state index in [4.69, 9.17) is 10.1 Å². The first-order valence-electron chi connectivity index (χ1n) is 3.59. The van der Waals surface area contributed by atoms with Gasteiger partial charge in [-0.05, 0) is 12.7 Å². The van der Waals surface area contributed by atoms with Crippen LogP contribution in [0.15, 0.2) is 0 Å². The number of ether oxygens (including phenoxy) is 1. The molecule has 0 aromatic rings. The van der Waals surface area contributed by atoms with Crippen molar-refractivity contribution in [2.75, 3.05) is 18.1 Å². The van der Waals surface area contributed by atoms with Gasteiger partial charge in [-0.3, -0.25) is 5.41 Å². The van der Waals surface area contributed by atoms with Crippen LogP contribution in [-0.4, -0.2) is 24.0 Å². The molecule has 0 aliphatic rings. The Bertz CT molecular complexity index is 95.6. The zero-order chi connectivity index (χ0) is 7.82. The van der Waals surface area contributed by atoms with Gasteiger partial charge >= 0.3 is 0 Å². The van der Waals surface area contributed by atoms with Crippen molar-refractivity contribution in [3.63, 3.8) is 0 Å². The van der Waals surface area contributed by atoms with Gasteiger partial charge in [0.1, 0.15) is 0 Å². The summed E-state index contributed by atoms with van der Waals surface area (Å²) in [4.78, 5) is 0. The van der Waals surface area contributed by atoms with Crippen LogP contribution in [0.5, 0.6) is 0 Å². The molecule has 0 heterocycles. The summed E-state index contributed by atoms with van der Waals surface area (Å²) in [6.07, 6.45) is 0.770. The summed E-state index contributed by atoms with van der Waals surface area (Å²) >= 11 is 1.84. The molecule has 0 aliphatic carbocycles. The van der Waals surface area contributed by atoms with E-state index < -0.39 is 0 Å². The molecular formula is C7H15NOS. The Morgan fingerprint density at radius 2 is 2.20 bits per heavy atom. The first-order valence-corrected chi connectivity index (χ1v) is 4.74. The van der Waals surface area contributed by atoms with E-state index in [1.165, 1.54) is 0 Å². The number of thioether (sulfide) groups is 1. The molecule has 0 aliphatic heterocycles. The lowest BCUT2D eigenvalue weighted by atomic mass is 10.5.